The Balaban J connectivity index is 2.11. The third-order valence-electron chi connectivity index (χ3n) is 3.69. The molecule has 0 spiro atoms. The van der Waals surface area contributed by atoms with Crippen molar-refractivity contribution in [1.29, 1.82) is 0 Å². The highest BCUT2D eigenvalue weighted by Crippen LogP contribution is 2.14. The molecule has 1 atom stereocenters. The first-order valence-corrected chi connectivity index (χ1v) is 7.65. The van der Waals surface area contributed by atoms with Crippen LogP contribution >= 0.6 is 0 Å². The lowest BCUT2D eigenvalue weighted by atomic mass is 9.97. The van der Waals surface area contributed by atoms with Crippen LogP contribution in [0.1, 0.15) is 39.6 Å². The highest BCUT2D eigenvalue weighted by Gasteiger charge is 2.30. The van der Waals surface area contributed by atoms with E-state index in [1.54, 1.807) is 37.5 Å². The molecule has 1 heterocycles. The maximum atomic E-state index is 12.4. The van der Waals surface area contributed by atoms with Gasteiger partial charge in [-0.3, -0.25) is 14.4 Å². The normalized spacial score (nSPS) is 13.0. The van der Waals surface area contributed by atoms with Gasteiger partial charge in [0.2, 0.25) is 0 Å². The Bertz CT molecular complexity index is 752. The number of aromatic amines is 1. The number of hydrogen-bond donors (Lipinski definition) is 3. The van der Waals surface area contributed by atoms with Gasteiger partial charge in [0.25, 0.3) is 5.91 Å². The third kappa shape index (κ3) is 4.77. The van der Waals surface area contributed by atoms with Crippen LogP contribution in [0.15, 0.2) is 42.7 Å². The second-order valence-corrected chi connectivity index (χ2v) is 6.02. The molecule has 1 unspecified atom stereocenters. The maximum absolute atomic E-state index is 12.4. The minimum absolute atomic E-state index is 0.0646. The Morgan fingerprint density at radius 2 is 1.76 bits per heavy atom. The van der Waals surface area contributed by atoms with Crippen LogP contribution in [0.5, 0.6) is 0 Å². The van der Waals surface area contributed by atoms with Gasteiger partial charge in [-0.05, 0) is 25.1 Å². The van der Waals surface area contributed by atoms with E-state index in [1.165, 1.54) is 19.2 Å². The zero-order chi connectivity index (χ0) is 18.4. The largest absolute Gasteiger partial charge is 0.481 e. The molecule has 1 aromatic carbocycles. The number of H-pyrrole nitrogens is 1. The second-order valence-electron chi connectivity index (χ2n) is 6.02. The predicted molar refractivity (Wildman–Crippen MR) is 90.7 cm³/mol. The van der Waals surface area contributed by atoms with E-state index in [-0.39, 0.29) is 18.8 Å². The molecule has 2 aromatic rings. The van der Waals surface area contributed by atoms with Crippen LogP contribution in [0.3, 0.4) is 0 Å². The number of carbonyl (C=O) groups is 3. The fraction of sp³-hybridized carbons (Fsp3) is 0.278. The summed E-state index contributed by atoms with van der Waals surface area (Å²) in [5, 5.41) is 11.7. The number of ketones is 1. The summed E-state index contributed by atoms with van der Waals surface area (Å²) >= 11 is 0. The Morgan fingerprint density at radius 1 is 1.12 bits per heavy atom. The molecule has 7 nitrogen and oxygen atoms in total. The molecule has 0 aliphatic heterocycles. The molecule has 2 rings (SSSR count). The number of nitrogens with one attached hydrogen (secondary N) is 2. The highest BCUT2D eigenvalue weighted by atomic mass is 16.5. The number of ether oxygens (including phenoxy) is 1. The van der Waals surface area contributed by atoms with Crippen molar-refractivity contribution < 1.29 is 24.2 Å². The number of methoxy groups -OCH3 is 1. The first-order valence-electron chi connectivity index (χ1n) is 7.65. The molecule has 1 amide bonds. The Kier molecular flexibility index (Phi) is 5.71. The van der Waals surface area contributed by atoms with E-state index in [1.807, 2.05) is 0 Å². The molecule has 1 aromatic heterocycles. The number of aliphatic carboxylic acids is 1. The molecule has 0 fully saturated rings. The minimum Gasteiger partial charge on any atom is -0.481 e. The standard InChI is InChI=1S/C18H20N2O5/c1-18(11-25-2,9-15(21)22)20-17(24)13-5-3-12(4-6-13)16(23)14-7-8-19-10-14/h3-8,10,19H,9,11H2,1-2H3,(H,20,24)(H,21,22). The Hall–Kier alpha value is -2.93. The summed E-state index contributed by atoms with van der Waals surface area (Å²) in [5.41, 5.74) is 0.295. The molecular formula is C18H20N2O5. The van der Waals surface area contributed by atoms with Crippen molar-refractivity contribution in [3.05, 3.63) is 59.4 Å². The summed E-state index contributed by atoms with van der Waals surface area (Å²) in [6.07, 6.45) is 3.00. The first-order chi connectivity index (χ1) is 11.8. The molecule has 25 heavy (non-hydrogen) atoms. The van der Waals surface area contributed by atoms with Crippen molar-refractivity contribution in [1.82, 2.24) is 10.3 Å². The van der Waals surface area contributed by atoms with Crippen LogP contribution in [0.2, 0.25) is 0 Å². The number of rotatable bonds is 8. The molecule has 3 N–H and O–H groups in total. The van der Waals surface area contributed by atoms with Crippen molar-refractivity contribution in [3.8, 4) is 0 Å². The summed E-state index contributed by atoms with van der Waals surface area (Å²) < 4.78 is 5.01. The van der Waals surface area contributed by atoms with E-state index in [0.29, 0.717) is 16.7 Å². The lowest BCUT2D eigenvalue weighted by Crippen LogP contribution is -2.50. The molecular weight excluding hydrogens is 324 g/mol. The van der Waals surface area contributed by atoms with E-state index >= 15 is 0 Å². The quantitative estimate of drug-likeness (QED) is 0.633. The monoisotopic (exact) mass is 344 g/mol. The third-order valence-corrected chi connectivity index (χ3v) is 3.69. The summed E-state index contributed by atoms with van der Waals surface area (Å²) in [5.74, 6) is -1.61. The summed E-state index contributed by atoms with van der Waals surface area (Å²) in [7, 11) is 1.44. The van der Waals surface area contributed by atoms with Crippen LogP contribution in [-0.4, -0.2) is 47.0 Å². The van der Waals surface area contributed by atoms with Crippen LogP contribution < -0.4 is 5.32 Å². The van der Waals surface area contributed by atoms with E-state index in [4.69, 9.17) is 9.84 Å². The van der Waals surface area contributed by atoms with Gasteiger partial charge >= 0.3 is 5.97 Å². The number of aromatic nitrogens is 1. The van der Waals surface area contributed by atoms with Crippen molar-refractivity contribution in [2.24, 2.45) is 0 Å². The van der Waals surface area contributed by atoms with Gasteiger partial charge in [0.15, 0.2) is 5.78 Å². The molecule has 0 radical (unpaired) electrons. The molecule has 7 heteroatoms. The Morgan fingerprint density at radius 3 is 2.28 bits per heavy atom. The highest BCUT2D eigenvalue weighted by molar-refractivity contribution is 6.09. The number of carboxylic acids is 1. The van der Waals surface area contributed by atoms with Crippen LogP contribution in [-0.2, 0) is 9.53 Å². The number of carbonyl (C=O) groups excluding carboxylic acids is 2. The van der Waals surface area contributed by atoms with Gasteiger partial charge in [0.05, 0.1) is 18.6 Å². The molecule has 0 saturated heterocycles. The number of amides is 1. The van der Waals surface area contributed by atoms with Crippen molar-refractivity contribution >= 4 is 17.7 Å². The smallest absolute Gasteiger partial charge is 0.305 e. The fourth-order valence-electron chi connectivity index (χ4n) is 2.53. The molecule has 132 valence electrons. The van der Waals surface area contributed by atoms with E-state index in [0.717, 1.165) is 0 Å². The summed E-state index contributed by atoms with van der Waals surface area (Å²) in [6, 6.07) is 7.86. The number of carboxylic acid groups (broad SMARTS) is 1. The van der Waals surface area contributed by atoms with Gasteiger partial charge in [0, 0.05) is 36.2 Å². The van der Waals surface area contributed by atoms with Crippen LogP contribution in [0.4, 0.5) is 0 Å². The molecule has 0 saturated carbocycles. The summed E-state index contributed by atoms with van der Waals surface area (Å²) in [4.78, 5) is 38.4. The fourth-order valence-corrected chi connectivity index (χ4v) is 2.53. The Labute approximate surface area is 145 Å². The van der Waals surface area contributed by atoms with E-state index in [2.05, 4.69) is 10.3 Å². The zero-order valence-electron chi connectivity index (χ0n) is 14.0. The average Bonchev–Trinajstić information content (AvgIpc) is 3.08. The summed E-state index contributed by atoms with van der Waals surface area (Å²) in [6.45, 7) is 1.67. The van der Waals surface area contributed by atoms with Crippen molar-refractivity contribution in [2.45, 2.75) is 18.9 Å². The molecule has 0 aliphatic carbocycles. The van der Waals surface area contributed by atoms with Gasteiger partial charge in [-0.1, -0.05) is 12.1 Å². The first kappa shape index (κ1) is 18.4. The number of hydrogen-bond acceptors (Lipinski definition) is 4. The van der Waals surface area contributed by atoms with Crippen molar-refractivity contribution in [3.63, 3.8) is 0 Å². The van der Waals surface area contributed by atoms with E-state index < -0.39 is 17.4 Å². The lowest BCUT2D eigenvalue weighted by molar-refractivity contribution is -0.139. The van der Waals surface area contributed by atoms with Crippen molar-refractivity contribution in [2.75, 3.05) is 13.7 Å². The van der Waals surface area contributed by atoms with Gasteiger partial charge in [-0.2, -0.15) is 0 Å². The molecule has 0 bridgehead atoms. The van der Waals surface area contributed by atoms with Gasteiger partial charge in [-0.15, -0.1) is 0 Å². The van der Waals surface area contributed by atoms with Crippen LogP contribution in [0.25, 0.3) is 0 Å². The van der Waals surface area contributed by atoms with Crippen LogP contribution in [0, 0.1) is 0 Å². The second kappa shape index (κ2) is 7.76. The van der Waals surface area contributed by atoms with Gasteiger partial charge < -0.3 is 20.1 Å². The maximum Gasteiger partial charge on any atom is 0.305 e. The molecule has 0 aliphatic rings. The topological polar surface area (TPSA) is 108 Å². The minimum atomic E-state index is -1.03. The van der Waals surface area contributed by atoms with E-state index in [9.17, 15) is 14.4 Å². The zero-order valence-corrected chi connectivity index (χ0v) is 14.0. The number of benzene rings is 1. The SMILES string of the molecule is COCC(C)(CC(=O)O)NC(=O)c1ccc(C(=O)c2cc[nH]c2)cc1. The van der Waals surface area contributed by atoms with Gasteiger partial charge in [0.1, 0.15) is 0 Å². The predicted octanol–water partition coefficient (Wildman–Crippen LogP) is 1.86. The average molecular weight is 344 g/mol. The lowest BCUT2D eigenvalue weighted by Gasteiger charge is -2.28. The van der Waals surface area contributed by atoms with Gasteiger partial charge in [-0.25, -0.2) is 0 Å².